The number of benzene rings is 2. The van der Waals surface area contributed by atoms with E-state index >= 15 is 0 Å². The van der Waals surface area contributed by atoms with Crippen LogP contribution in [0.5, 0.6) is 11.5 Å². The van der Waals surface area contributed by atoms with E-state index in [2.05, 4.69) is 16.3 Å². The van der Waals surface area contributed by atoms with Crippen molar-refractivity contribution in [1.82, 2.24) is 4.90 Å². The lowest BCUT2D eigenvalue weighted by Crippen LogP contribution is -2.37. The minimum atomic E-state index is -0.431. The summed E-state index contributed by atoms with van der Waals surface area (Å²) in [6.45, 7) is 8.65. The number of anilines is 1. The predicted molar refractivity (Wildman–Crippen MR) is 119 cm³/mol. The number of fused-ring (bicyclic) bond motifs is 1. The molecule has 1 N–H and O–H groups in total. The van der Waals surface area contributed by atoms with Crippen LogP contribution in [-0.2, 0) is 22.5 Å². The molecule has 0 aliphatic carbocycles. The topological polar surface area (TPSA) is 77.1 Å². The minimum absolute atomic E-state index is 0.121. The van der Waals surface area contributed by atoms with E-state index < -0.39 is 5.97 Å². The third kappa shape index (κ3) is 5.55. The fourth-order valence-corrected chi connectivity index (χ4v) is 3.69. The monoisotopic (exact) mass is 426 g/mol. The molecule has 0 radical (unpaired) electrons. The molecule has 1 heterocycles. The van der Waals surface area contributed by atoms with Crippen molar-refractivity contribution in [3.63, 3.8) is 0 Å². The number of nitrogens with one attached hydrogen (secondary N) is 1. The lowest BCUT2D eigenvalue weighted by atomic mass is 9.98. The van der Waals surface area contributed by atoms with Crippen LogP contribution in [0.3, 0.4) is 0 Å². The van der Waals surface area contributed by atoms with Crippen LogP contribution in [0.1, 0.15) is 40.9 Å². The lowest BCUT2D eigenvalue weighted by Gasteiger charge is -2.29. The molecule has 0 fully saturated rings. The number of nitrogens with zero attached hydrogens (tertiary/aromatic N) is 1. The van der Waals surface area contributed by atoms with Gasteiger partial charge in [-0.3, -0.25) is 9.69 Å². The Morgan fingerprint density at radius 1 is 1.03 bits per heavy atom. The van der Waals surface area contributed by atoms with Gasteiger partial charge in [0.25, 0.3) is 0 Å². The van der Waals surface area contributed by atoms with Gasteiger partial charge in [-0.25, -0.2) is 4.79 Å². The first kappa shape index (κ1) is 22.6. The molecule has 0 spiro atoms. The summed E-state index contributed by atoms with van der Waals surface area (Å²) in [6, 6.07) is 9.21. The van der Waals surface area contributed by atoms with Crippen molar-refractivity contribution in [3.8, 4) is 11.5 Å². The van der Waals surface area contributed by atoms with Crippen molar-refractivity contribution in [2.45, 2.75) is 33.7 Å². The number of amides is 1. The third-order valence-electron chi connectivity index (χ3n) is 5.26. The second-order valence-corrected chi connectivity index (χ2v) is 7.46. The van der Waals surface area contributed by atoms with Gasteiger partial charge in [0.2, 0.25) is 5.91 Å². The Labute approximate surface area is 183 Å². The van der Waals surface area contributed by atoms with Crippen molar-refractivity contribution < 1.29 is 23.8 Å². The van der Waals surface area contributed by atoms with Crippen LogP contribution in [0.2, 0.25) is 0 Å². The van der Waals surface area contributed by atoms with Crippen LogP contribution < -0.4 is 14.8 Å². The van der Waals surface area contributed by atoms with Gasteiger partial charge in [0.05, 0.1) is 32.4 Å². The van der Waals surface area contributed by atoms with E-state index in [0.717, 1.165) is 35.6 Å². The summed E-state index contributed by atoms with van der Waals surface area (Å²) in [7, 11) is 1.34. The number of hydrogen-bond acceptors (Lipinski definition) is 6. The molecule has 166 valence electrons. The zero-order valence-corrected chi connectivity index (χ0v) is 18.6. The van der Waals surface area contributed by atoms with E-state index in [-0.39, 0.29) is 12.5 Å². The Morgan fingerprint density at radius 2 is 1.71 bits per heavy atom. The fraction of sp³-hybridized carbons (Fsp3) is 0.417. The second-order valence-electron chi connectivity index (χ2n) is 7.46. The zero-order valence-electron chi connectivity index (χ0n) is 18.6. The maximum atomic E-state index is 12.7. The summed E-state index contributed by atoms with van der Waals surface area (Å²) in [6.07, 6.45) is 0.839. The molecule has 0 atom stereocenters. The maximum absolute atomic E-state index is 12.7. The average Bonchev–Trinajstić information content (AvgIpc) is 2.75. The lowest BCUT2D eigenvalue weighted by molar-refractivity contribution is -0.117. The van der Waals surface area contributed by atoms with Gasteiger partial charge in [-0.2, -0.15) is 0 Å². The van der Waals surface area contributed by atoms with Crippen molar-refractivity contribution in [3.05, 3.63) is 52.6 Å². The number of carbonyl (C=O) groups is 2. The number of esters is 1. The summed E-state index contributed by atoms with van der Waals surface area (Å²) in [5.41, 5.74) is 4.28. The largest absolute Gasteiger partial charge is 0.490 e. The van der Waals surface area contributed by atoms with Crippen LogP contribution in [-0.4, -0.2) is 50.2 Å². The Balaban J connectivity index is 1.68. The van der Waals surface area contributed by atoms with E-state index in [9.17, 15) is 9.59 Å². The van der Waals surface area contributed by atoms with Crippen LogP contribution in [0.15, 0.2) is 30.3 Å². The summed E-state index contributed by atoms with van der Waals surface area (Å²) in [5.74, 6) is 0.962. The first-order valence-corrected chi connectivity index (χ1v) is 10.6. The predicted octanol–water partition coefficient (Wildman–Crippen LogP) is 3.58. The van der Waals surface area contributed by atoms with Crippen LogP contribution >= 0.6 is 0 Å². The Morgan fingerprint density at radius 3 is 2.35 bits per heavy atom. The molecular weight excluding hydrogens is 396 g/mol. The Kier molecular flexibility index (Phi) is 7.52. The van der Waals surface area contributed by atoms with Gasteiger partial charge in [0.15, 0.2) is 11.5 Å². The summed E-state index contributed by atoms with van der Waals surface area (Å²) >= 11 is 0. The molecule has 2 aromatic carbocycles. The Hall–Kier alpha value is -3.06. The van der Waals surface area contributed by atoms with E-state index in [1.54, 1.807) is 18.2 Å². The Bertz CT molecular complexity index is 957. The molecule has 1 aliphatic heterocycles. The molecular formula is C24H30N2O5. The molecule has 0 saturated carbocycles. The van der Waals surface area contributed by atoms with Crippen molar-refractivity contribution in [1.29, 1.82) is 0 Å². The van der Waals surface area contributed by atoms with Gasteiger partial charge in [0, 0.05) is 18.8 Å². The first-order valence-electron chi connectivity index (χ1n) is 10.6. The SMILES string of the molecule is CCOc1cc2c(cc1OCC)CN(CC(=O)Nc1cc(C(=O)OC)ccc1C)CC2. The van der Waals surface area contributed by atoms with E-state index in [1.807, 2.05) is 26.8 Å². The molecule has 0 bridgehead atoms. The highest BCUT2D eigenvalue weighted by molar-refractivity contribution is 5.96. The molecule has 1 aliphatic rings. The summed E-state index contributed by atoms with van der Waals surface area (Å²) < 4.78 is 16.2. The molecule has 0 unspecified atom stereocenters. The van der Waals surface area contributed by atoms with Crippen LogP contribution in [0, 0.1) is 6.92 Å². The smallest absolute Gasteiger partial charge is 0.337 e. The standard InChI is InChI=1S/C24H30N2O5/c1-5-30-21-12-17-9-10-26(14-19(17)13-22(21)31-6-2)15-23(27)25-20-11-18(24(28)29-4)8-7-16(20)3/h7-8,11-13H,5-6,9-10,14-15H2,1-4H3,(H,25,27). The number of carbonyl (C=O) groups excluding carboxylic acids is 2. The fourth-order valence-electron chi connectivity index (χ4n) is 3.69. The first-order chi connectivity index (χ1) is 14.9. The highest BCUT2D eigenvalue weighted by Gasteiger charge is 2.22. The van der Waals surface area contributed by atoms with Gasteiger partial charge in [0.1, 0.15) is 0 Å². The quantitative estimate of drug-likeness (QED) is 0.651. The number of aryl methyl sites for hydroxylation is 1. The van der Waals surface area contributed by atoms with Crippen molar-refractivity contribution in [2.75, 3.05) is 38.7 Å². The molecule has 7 heteroatoms. The van der Waals surface area contributed by atoms with Gasteiger partial charge < -0.3 is 19.5 Å². The molecule has 1 amide bonds. The second kappa shape index (κ2) is 10.3. The maximum Gasteiger partial charge on any atom is 0.337 e. The molecule has 0 aromatic heterocycles. The molecule has 3 rings (SSSR count). The van der Waals surface area contributed by atoms with E-state index in [4.69, 9.17) is 14.2 Å². The van der Waals surface area contributed by atoms with Crippen LogP contribution in [0.4, 0.5) is 5.69 Å². The number of ether oxygens (including phenoxy) is 3. The molecule has 2 aromatic rings. The summed E-state index contributed by atoms with van der Waals surface area (Å²) in [4.78, 5) is 26.6. The number of rotatable bonds is 8. The van der Waals surface area contributed by atoms with Gasteiger partial charge in [-0.1, -0.05) is 6.07 Å². The van der Waals surface area contributed by atoms with Crippen molar-refractivity contribution in [2.24, 2.45) is 0 Å². The average molecular weight is 427 g/mol. The van der Waals surface area contributed by atoms with E-state index in [1.165, 1.54) is 12.7 Å². The third-order valence-corrected chi connectivity index (χ3v) is 5.26. The molecule has 0 saturated heterocycles. The van der Waals surface area contributed by atoms with E-state index in [0.29, 0.717) is 31.0 Å². The van der Waals surface area contributed by atoms with Gasteiger partial charge in [-0.15, -0.1) is 0 Å². The normalized spacial score (nSPS) is 13.3. The minimum Gasteiger partial charge on any atom is -0.490 e. The van der Waals surface area contributed by atoms with Crippen LogP contribution in [0.25, 0.3) is 0 Å². The van der Waals surface area contributed by atoms with Gasteiger partial charge >= 0.3 is 5.97 Å². The molecule has 7 nitrogen and oxygen atoms in total. The highest BCUT2D eigenvalue weighted by Crippen LogP contribution is 2.34. The summed E-state index contributed by atoms with van der Waals surface area (Å²) in [5, 5.41) is 2.93. The molecule has 31 heavy (non-hydrogen) atoms. The van der Waals surface area contributed by atoms with Gasteiger partial charge in [-0.05, 0) is 68.1 Å². The number of methoxy groups -OCH3 is 1. The van der Waals surface area contributed by atoms with Crippen molar-refractivity contribution >= 4 is 17.6 Å². The number of hydrogen-bond donors (Lipinski definition) is 1. The zero-order chi connectivity index (χ0) is 22.4. The highest BCUT2D eigenvalue weighted by atomic mass is 16.5.